The van der Waals surface area contributed by atoms with Crippen molar-refractivity contribution in [3.8, 4) is 0 Å². The Morgan fingerprint density at radius 1 is 1.39 bits per heavy atom. The second kappa shape index (κ2) is 8.44. The number of anilines is 1. The van der Waals surface area contributed by atoms with Crippen LogP contribution >= 0.6 is 12.1 Å². The highest BCUT2D eigenvalue weighted by Crippen LogP contribution is 2.21. The van der Waals surface area contributed by atoms with Crippen LogP contribution in [0.3, 0.4) is 0 Å². The van der Waals surface area contributed by atoms with Crippen molar-refractivity contribution in [2.75, 3.05) is 31.5 Å². The first-order chi connectivity index (χ1) is 10.6. The molecule has 1 rings (SSSR count). The van der Waals surface area contributed by atoms with Gasteiger partial charge in [0.05, 0.1) is 24.0 Å². The van der Waals surface area contributed by atoms with Crippen LogP contribution in [0.2, 0.25) is 0 Å². The summed E-state index contributed by atoms with van der Waals surface area (Å²) in [4.78, 5) is 13.9. The van der Waals surface area contributed by atoms with Gasteiger partial charge in [0.25, 0.3) is 0 Å². The molecule has 0 fully saturated rings. The third-order valence-electron chi connectivity index (χ3n) is 2.79. The largest absolute Gasteiger partial charge is 0.443 e. The summed E-state index contributed by atoms with van der Waals surface area (Å²) < 4.78 is 11.9. The Morgan fingerprint density at radius 3 is 2.52 bits per heavy atom. The van der Waals surface area contributed by atoms with E-state index in [2.05, 4.69) is 28.6 Å². The summed E-state index contributed by atoms with van der Waals surface area (Å²) in [5, 5.41) is 4.35. The first-order valence-corrected chi connectivity index (χ1v) is 8.48. The Bertz CT molecular complexity index is 496. The van der Waals surface area contributed by atoms with E-state index in [1.807, 2.05) is 50.1 Å². The fourth-order valence-corrected chi connectivity index (χ4v) is 2.25. The highest BCUT2D eigenvalue weighted by atomic mass is 32.2. The number of hydrogen-bond acceptors (Lipinski definition) is 6. The van der Waals surface area contributed by atoms with E-state index >= 15 is 0 Å². The van der Waals surface area contributed by atoms with Crippen LogP contribution < -0.4 is 9.03 Å². The van der Waals surface area contributed by atoms with Crippen LogP contribution in [-0.2, 0) is 4.74 Å². The lowest BCUT2D eigenvalue weighted by molar-refractivity contribution is 0.0574. The Morgan fingerprint density at radius 2 is 2.04 bits per heavy atom. The average molecular weight is 343 g/mol. The maximum atomic E-state index is 11.8. The van der Waals surface area contributed by atoms with E-state index in [9.17, 15) is 4.79 Å². The number of nitrogens with zero attached hydrogens (tertiary/aromatic N) is 4. The minimum atomic E-state index is -0.512. The molecule has 8 heteroatoms. The predicted octanol–water partition coefficient (Wildman–Crippen LogP) is 2.92. The van der Waals surface area contributed by atoms with Gasteiger partial charge < -0.3 is 9.64 Å². The number of likely N-dealkylation sites (N-methyl/N-ethyl adjacent to an activating group) is 1. The number of aromatic nitrogens is 2. The Labute approximate surface area is 143 Å². The molecule has 1 aromatic rings. The van der Waals surface area contributed by atoms with Crippen molar-refractivity contribution in [2.24, 2.45) is 0 Å². The molecule has 1 heterocycles. The normalized spacial score (nSPS) is 11.9. The quantitative estimate of drug-likeness (QED) is 0.768. The molecule has 0 saturated heterocycles. The Balaban J connectivity index is 2.70. The molecule has 0 bridgehead atoms. The molecule has 0 aliphatic carbocycles. The molecule has 0 spiro atoms. The number of nitrogens with one attached hydrogen (secondary N) is 1. The highest BCUT2D eigenvalue weighted by molar-refractivity contribution is 7.99. The van der Waals surface area contributed by atoms with Gasteiger partial charge in [0.15, 0.2) is 0 Å². The maximum absolute atomic E-state index is 11.8. The van der Waals surface area contributed by atoms with Gasteiger partial charge in [-0.3, -0.25) is 8.99 Å². The molecular formula is C15H29N5O2S. The van der Waals surface area contributed by atoms with Crippen LogP contribution in [0.5, 0.6) is 0 Å². The molecule has 7 nitrogen and oxygen atoms in total. The fourth-order valence-electron chi connectivity index (χ4n) is 1.65. The number of rotatable bonds is 7. The Hall–Kier alpha value is -1.41. The summed E-state index contributed by atoms with van der Waals surface area (Å²) in [6.07, 6.45) is 3.33. The van der Waals surface area contributed by atoms with Gasteiger partial charge in [0, 0.05) is 25.3 Å². The first-order valence-electron chi connectivity index (χ1n) is 7.71. The molecule has 0 aliphatic rings. The number of hydrogen-bond donors (Lipinski definition) is 1. The zero-order valence-corrected chi connectivity index (χ0v) is 16.0. The van der Waals surface area contributed by atoms with Gasteiger partial charge in [-0.25, -0.2) is 9.52 Å². The van der Waals surface area contributed by atoms with Crippen molar-refractivity contribution in [2.45, 2.75) is 46.3 Å². The van der Waals surface area contributed by atoms with Gasteiger partial charge in [-0.1, -0.05) is 0 Å². The van der Waals surface area contributed by atoms with E-state index in [1.165, 1.54) is 12.1 Å². The van der Waals surface area contributed by atoms with Gasteiger partial charge in [0.1, 0.15) is 5.60 Å². The number of carbonyl (C=O) groups excluding carboxylic acids is 1. The van der Waals surface area contributed by atoms with Crippen molar-refractivity contribution in [1.82, 2.24) is 19.4 Å². The van der Waals surface area contributed by atoms with E-state index in [-0.39, 0.29) is 0 Å². The molecule has 0 unspecified atom stereocenters. The summed E-state index contributed by atoms with van der Waals surface area (Å²) in [7, 11) is 4.03. The predicted molar refractivity (Wildman–Crippen MR) is 95.5 cm³/mol. The SMILES string of the molecule is CC(C)n1cc(N(CCN(C)C)SNC(=O)OC(C)(C)C)cn1. The molecule has 0 radical (unpaired) electrons. The van der Waals surface area contributed by atoms with E-state index in [4.69, 9.17) is 4.74 Å². The van der Waals surface area contributed by atoms with Crippen LogP contribution in [0.15, 0.2) is 12.4 Å². The summed E-state index contributed by atoms with van der Waals surface area (Å²) in [5.41, 5.74) is 0.434. The molecule has 23 heavy (non-hydrogen) atoms. The molecule has 0 aliphatic heterocycles. The van der Waals surface area contributed by atoms with Crippen molar-refractivity contribution in [3.05, 3.63) is 12.4 Å². The Kier molecular flexibility index (Phi) is 7.21. The zero-order chi connectivity index (χ0) is 17.6. The van der Waals surface area contributed by atoms with Gasteiger partial charge in [-0.2, -0.15) is 5.10 Å². The van der Waals surface area contributed by atoms with Crippen molar-refractivity contribution < 1.29 is 9.53 Å². The van der Waals surface area contributed by atoms with Crippen LogP contribution in [0.25, 0.3) is 0 Å². The second-order valence-electron chi connectivity index (χ2n) is 6.87. The van der Waals surface area contributed by atoms with Gasteiger partial charge >= 0.3 is 6.09 Å². The van der Waals surface area contributed by atoms with Crippen molar-refractivity contribution >= 4 is 23.9 Å². The maximum Gasteiger partial charge on any atom is 0.419 e. The lowest BCUT2D eigenvalue weighted by atomic mass is 10.2. The van der Waals surface area contributed by atoms with Crippen molar-refractivity contribution in [3.63, 3.8) is 0 Å². The third kappa shape index (κ3) is 7.60. The molecule has 0 atom stereocenters. The summed E-state index contributed by atoms with van der Waals surface area (Å²) in [5.74, 6) is 0. The first kappa shape index (κ1) is 19.6. The summed E-state index contributed by atoms with van der Waals surface area (Å²) >= 11 is 1.22. The lowest BCUT2D eigenvalue weighted by Crippen LogP contribution is -2.34. The van der Waals surface area contributed by atoms with E-state index in [1.54, 1.807) is 6.20 Å². The molecule has 1 N–H and O–H groups in total. The third-order valence-corrected chi connectivity index (χ3v) is 3.67. The summed E-state index contributed by atoms with van der Waals surface area (Å²) in [6, 6.07) is 0.295. The molecule has 1 amide bonds. The second-order valence-corrected chi connectivity index (χ2v) is 7.70. The minimum absolute atomic E-state index is 0.295. The topological polar surface area (TPSA) is 62.6 Å². The van der Waals surface area contributed by atoms with Crippen molar-refractivity contribution in [1.29, 1.82) is 0 Å². The molecule has 1 aromatic heterocycles. The highest BCUT2D eigenvalue weighted by Gasteiger charge is 2.18. The smallest absolute Gasteiger partial charge is 0.419 e. The number of amides is 1. The van der Waals surface area contributed by atoms with Crippen LogP contribution in [-0.4, -0.2) is 53.6 Å². The summed E-state index contributed by atoms with van der Waals surface area (Å²) in [6.45, 7) is 11.3. The number of carbonyl (C=O) groups is 1. The number of ether oxygens (including phenoxy) is 1. The lowest BCUT2D eigenvalue weighted by Gasteiger charge is -2.24. The zero-order valence-electron chi connectivity index (χ0n) is 15.2. The van der Waals surface area contributed by atoms with Crippen LogP contribution in [0.1, 0.15) is 40.7 Å². The molecule has 0 saturated carbocycles. The van der Waals surface area contributed by atoms with E-state index < -0.39 is 11.7 Å². The standard InChI is InChI=1S/C15H29N5O2S/c1-12(2)19-11-13(10-16-19)20(9-8-18(6)7)23-17-14(21)22-15(3,4)5/h10-12H,8-9H2,1-7H3,(H,17,21). The van der Waals surface area contributed by atoms with Gasteiger partial charge in [0.2, 0.25) is 0 Å². The molecule has 132 valence electrons. The van der Waals surface area contributed by atoms with Gasteiger partial charge in [-0.05, 0) is 48.7 Å². The minimum Gasteiger partial charge on any atom is -0.443 e. The van der Waals surface area contributed by atoms with Gasteiger partial charge in [-0.15, -0.1) is 0 Å². The monoisotopic (exact) mass is 343 g/mol. The van der Waals surface area contributed by atoms with Crippen LogP contribution in [0.4, 0.5) is 10.5 Å². The van der Waals surface area contributed by atoms with Crippen LogP contribution in [0, 0.1) is 0 Å². The molecule has 0 aromatic carbocycles. The fraction of sp³-hybridized carbons (Fsp3) is 0.733. The van der Waals surface area contributed by atoms with E-state index in [0.29, 0.717) is 6.04 Å². The average Bonchev–Trinajstić information content (AvgIpc) is 2.86. The van der Waals surface area contributed by atoms with E-state index in [0.717, 1.165) is 18.8 Å². The molecular weight excluding hydrogens is 314 g/mol.